The molecule has 1 aliphatic rings. The van der Waals surface area contributed by atoms with E-state index in [-0.39, 0.29) is 22.8 Å². The van der Waals surface area contributed by atoms with Gasteiger partial charge in [-0.15, -0.1) is 0 Å². The number of aliphatic hydroxyl groups excluding tert-OH is 1. The monoisotopic (exact) mass is 315 g/mol. The van der Waals surface area contributed by atoms with Crippen LogP contribution in [0.3, 0.4) is 0 Å². The Labute approximate surface area is 124 Å². The summed E-state index contributed by atoms with van der Waals surface area (Å²) >= 11 is 0. The lowest BCUT2D eigenvalue weighted by Gasteiger charge is -2.34. The number of hydrogen-bond acceptors (Lipinski definition) is 4. The molecule has 0 radical (unpaired) electrons. The third-order valence-electron chi connectivity index (χ3n) is 3.93. The van der Waals surface area contributed by atoms with Crippen molar-refractivity contribution in [3.05, 3.63) is 18.0 Å². The Morgan fingerprint density at radius 3 is 2.71 bits per heavy atom. The van der Waals surface area contributed by atoms with Crippen LogP contribution < -0.4 is 4.72 Å². The van der Waals surface area contributed by atoms with Crippen LogP contribution in [0.4, 0.5) is 0 Å². The number of likely N-dealkylation sites (tertiary alicyclic amines) is 1. The van der Waals surface area contributed by atoms with E-state index in [1.165, 1.54) is 23.9 Å². The Hall–Kier alpha value is -1.38. The number of nitrogens with one attached hydrogen (secondary N) is 1. The summed E-state index contributed by atoms with van der Waals surface area (Å²) in [4.78, 5) is 14.2. The lowest BCUT2D eigenvalue weighted by molar-refractivity contribution is 0.0292. The van der Waals surface area contributed by atoms with Crippen LogP contribution in [0.5, 0.6) is 0 Å². The first-order valence-corrected chi connectivity index (χ1v) is 8.32. The number of hydrogen-bond donors (Lipinski definition) is 2. The van der Waals surface area contributed by atoms with Crippen molar-refractivity contribution in [2.75, 3.05) is 20.1 Å². The van der Waals surface area contributed by atoms with E-state index in [1.807, 2.05) is 6.92 Å². The Bertz CT molecular complexity index is 638. The molecule has 1 saturated heterocycles. The summed E-state index contributed by atoms with van der Waals surface area (Å²) in [6, 6.07) is 1.38. The molecular weight excluding hydrogens is 294 g/mol. The van der Waals surface area contributed by atoms with Crippen molar-refractivity contribution in [3.8, 4) is 0 Å². The molecule has 1 aromatic rings. The number of amides is 1. The number of rotatable bonds is 3. The zero-order valence-electron chi connectivity index (χ0n) is 12.4. The number of aromatic nitrogens is 1. The van der Waals surface area contributed by atoms with E-state index in [0.717, 1.165) is 0 Å². The second-order valence-electron chi connectivity index (χ2n) is 5.46. The van der Waals surface area contributed by atoms with Gasteiger partial charge in [-0.1, -0.05) is 6.92 Å². The highest BCUT2D eigenvalue weighted by atomic mass is 32.2. The summed E-state index contributed by atoms with van der Waals surface area (Å²) in [5, 5.41) is 9.71. The molecule has 8 heteroatoms. The molecule has 2 N–H and O–H groups in total. The molecule has 21 heavy (non-hydrogen) atoms. The minimum absolute atomic E-state index is 0.0171. The van der Waals surface area contributed by atoms with E-state index in [4.69, 9.17) is 0 Å². The van der Waals surface area contributed by atoms with Crippen molar-refractivity contribution < 1.29 is 18.3 Å². The van der Waals surface area contributed by atoms with Crippen molar-refractivity contribution in [2.45, 2.75) is 24.3 Å². The molecule has 1 aliphatic heterocycles. The maximum absolute atomic E-state index is 12.5. The van der Waals surface area contributed by atoms with Crippen LogP contribution >= 0.6 is 0 Å². The molecule has 0 saturated carbocycles. The average Bonchev–Trinajstić information content (AvgIpc) is 2.84. The molecule has 0 aliphatic carbocycles. The number of carbonyl (C=O) groups excluding carboxylic acids is 1. The van der Waals surface area contributed by atoms with Crippen LogP contribution in [-0.4, -0.2) is 55.1 Å². The highest BCUT2D eigenvalue weighted by Crippen LogP contribution is 2.20. The molecule has 1 fully saturated rings. The summed E-state index contributed by atoms with van der Waals surface area (Å²) in [7, 11) is -0.591. The van der Waals surface area contributed by atoms with Crippen LogP contribution in [-0.2, 0) is 17.1 Å². The zero-order valence-corrected chi connectivity index (χ0v) is 13.2. The van der Waals surface area contributed by atoms with Crippen LogP contribution in [0.2, 0.25) is 0 Å². The predicted molar refractivity (Wildman–Crippen MR) is 77.3 cm³/mol. The number of aliphatic hydroxyl groups is 1. The standard InChI is InChI=1S/C13H21N3O4S/c1-9-7-16(5-4-12(9)17)13(18)11-6-10(8-15(11)3)21(19,20)14-2/h6,8-9,12,14,17H,4-5,7H2,1-3H3. The quantitative estimate of drug-likeness (QED) is 0.806. The maximum Gasteiger partial charge on any atom is 0.270 e. The highest BCUT2D eigenvalue weighted by molar-refractivity contribution is 7.89. The SMILES string of the molecule is CNS(=O)(=O)c1cc(C(=O)N2CCC(O)C(C)C2)n(C)c1. The summed E-state index contributed by atoms with van der Waals surface area (Å²) in [6.45, 7) is 2.84. The Morgan fingerprint density at radius 1 is 1.48 bits per heavy atom. The van der Waals surface area contributed by atoms with Gasteiger partial charge in [0.2, 0.25) is 10.0 Å². The van der Waals surface area contributed by atoms with Crippen molar-refractivity contribution in [1.82, 2.24) is 14.2 Å². The van der Waals surface area contributed by atoms with Gasteiger partial charge in [0.1, 0.15) is 10.6 Å². The number of nitrogens with zero attached hydrogens (tertiary/aromatic N) is 2. The summed E-state index contributed by atoms with van der Waals surface area (Å²) in [5.41, 5.74) is 0.326. The predicted octanol–water partition coefficient (Wildman–Crippen LogP) is -0.224. The smallest absolute Gasteiger partial charge is 0.270 e. The van der Waals surface area contributed by atoms with Gasteiger partial charge in [0.15, 0.2) is 0 Å². The van der Waals surface area contributed by atoms with Crippen LogP contribution in [0.15, 0.2) is 17.2 Å². The van der Waals surface area contributed by atoms with Crippen LogP contribution in [0, 0.1) is 5.92 Å². The fraction of sp³-hybridized carbons (Fsp3) is 0.615. The number of piperidine rings is 1. The lowest BCUT2D eigenvalue weighted by Crippen LogP contribution is -2.45. The minimum Gasteiger partial charge on any atom is -0.393 e. The molecule has 2 rings (SSSR count). The molecule has 2 heterocycles. The zero-order chi connectivity index (χ0) is 15.8. The highest BCUT2D eigenvalue weighted by Gasteiger charge is 2.29. The second kappa shape index (κ2) is 5.78. The van der Waals surface area contributed by atoms with E-state index in [0.29, 0.717) is 25.2 Å². The van der Waals surface area contributed by atoms with Gasteiger partial charge in [0, 0.05) is 26.3 Å². The molecule has 0 spiro atoms. The first kappa shape index (κ1) is 16.0. The number of sulfonamides is 1. The Balaban J connectivity index is 2.24. The molecule has 2 atom stereocenters. The third kappa shape index (κ3) is 3.12. The van der Waals surface area contributed by atoms with Crippen LogP contribution in [0.1, 0.15) is 23.8 Å². The topological polar surface area (TPSA) is 91.6 Å². The van der Waals surface area contributed by atoms with Gasteiger partial charge in [0.25, 0.3) is 5.91 Å². The van der Waals surface area contributed by atoms with Gasteiger partial charge in [-0.05, 0) is 25.5 Å². The molecule has 1 aromatic heterocycles. The van der Waals surface area contributed by atoms with Crippen molar-refractivity contribution in [1.29, 1.82) is 0 Å². The van der Waals surface area contributed by atoms with Gasteiger partial charge in [-0.3, -0.25) is 4.79 Å². The minimum atomic E-state index is -3.57. The molecule has 118 valence electrons. The van der Waals surface area contributed by atoms with Crippen molar-refractivity contribution in [2.24, 2.45) is 13.0 Å². The largest absolute Gasteiger partial charge is 0.393 e. The molecule has 0 bridgehead atoms. The summed E-state index contributed by atoms with van der Waals surface area (Å²) in [6.07, 6.45) is 1.57. The Morgan fingerprint density at radius 2 is 2.14 bits per heavy atom. The first-order chi connectivity index (χ1) is 9.76. The molecule has 1 amide bonds. The molecule has 7 nitrogen and oxygen atoms in total. The summed E-state index contributed by atoms with van der Waals surface area (Å²) in [5.74, 6) is -0.197. The second-order valence-corrected chi connectivity index (χ2v) is 7.35. The van der Waals surface area contributed by atoms with E-state index in [1.54, 1.807) is 11.9 Å². The van der Waals surface area contributed by atoms with Crippen LogP contribution in [0.25, 0.3) is 0 Å². The van der Waals surface area contributed by atoms with Gasteiger partial charge in [-0.25, -0.2) is 13.1 Å². The van der Waals surface area contributed by atoms with Gasteiger partial charge < -0.3 is 14.6 Å². The average molecular weight is 315 g/mol. The van der Waals surface area contributed by atoms with Crippen molar-refractivity contribution in [3.63, 3.8) is 0 Å². The van der Waals surface area contributed by atoms with E-state index in [2.05, 4.69) is 4.72 Å². The molecule has 2 unspecified atom stereocenters. The number of carbonyl (C=O) groups is 1. The van der Waals surface area contributed by atoms with E-state index >= 15 is 0 Å². The third-order valence-corrected chi connectivity index (χ3v) is 5.31. The van der Waals surface area contributed by atoms with Crippen molar-refractivity contribution >= 4 is 15.9 Å². The Kier molecular flexibility index (Phi) is 4.40. The lowest BCUT2D eigenvalue weighted by atomic mass is 9.96. The molecular formula is C13H21N3O4S. The van der Waals surface area contributed by atoms with Gasteiger partial charge in [0.05, 0.1) is 6.10 Å². The fourth-order valence-electron chi connectivity index (χ4n) is 2.49. The number of aryl methyl sites for hydroxylation is 1. The normalized spacial score (nSPS) is 23.3. The first-order valence-electron chi connectivity index (χ1n) is 6.83. The van der Waals surface area contributed by atoms with E-state index in [9.17, 15) is 18.3 Å². The maximum atomic E-state index is 12.5. The summed E-state index contributed by atoms with van der Waals surface area (Å²) < 4.78 is 27.3. The molecule has 0 aromatic carbocycles. The van der Waals surface area contributed by atoms with Gasteiger partial charge in [-0.2, -0.15) is 0 Å². The van der Waals surface area contributed by atoms with Gasteiger partial charge >= 0.3 is 0 Å². The fourth-order valence-corrected chi connectivity index (χ4v) is 3.29. The van der Waals surface area contributed by atoms with E-state index < -0.39 is 10.0 Å².